The van der Waals surface area contributed by atoms with Crippen LogP contribution in [0.15, 0.2) is 60.9 Å². The molecule has 3 aromatic rings. The van der Waals surface area contributed by atoms with Crippen LogP contribution in [0.1, 0.15) is 36.2 Å². The standard InChI is InChI=1S/C24H24N2O4/c1-2-29-21(24(27)28)15-16-7-9-17(10-8-16)30-14-11-20-22-18(5-3-12-25-22)19-6-4-13-26-23(19)20/h3-10,12-13,20-21H,2,11,14-15H2,1H3,(H,27,28). The number of ether oxygens (including phenoxy) is 2. The van der Waals surface area contributed by atoms with Crippen molar-refractivity contribution in [2.45, 2.75) is 31.8 Å². The summed E-state index contributed by atoms with van der Waals surface area (Å²) in [6, 6.07) is 15.6. The summed E-state index contributed by atoms with van der Waals surface area (Å²) in [4.78, 5) is 20.4. The topological polar surface area (TPSA) is 81.5 Å². The first kappa shape index (κ1) is 20.0. The van der Waals surface area contributed by atoms with Crippen molar-refractivity contribution in [3.05, 3.63) is 77.9 Å². The van der Waals surface area contributed by atoms with E-state index in [1.54, 1.807) is 6.92 Å². The van der Waals surface area contributed by atoms with Gasteiger partial charge in [-0.25, -0.2) is 4.79 Å². The molecule has 0 saturated carbocycles. The molecule has 4 rings (SSSR count). The summed E-state index contributed by atoms with van der Waals surface area (Å²) >= 11 is 0. The average molecular weight is 404 g/mol. The Hall–Kier alpha value is -3.25. The maximum atomic E-state index is 11.2. The van der Waals surface area contributed by atoms with Gasteiger partial charge >= 0.3 is 5.97 Å². The number of carboxylic acids is 1. The van der Waals surface area contributed by atoms with E-state index in [0.717, 1.165) is 40.2 Å². The van der Waals surface area contributed by atoms with Crippen molar-refractivity contribution in [3.8, 4) is 16.9 Å². The molecule has 0 aliphatic heterocycles. The minimum absolute atomic E-state index is 0.124. The number of hydrogen-bond donors (Lipinski definition) is 1. The molecule has 0 bridgehead atoms. The Balaban J connectivity index is 1.38. The van der Waals surface area contributed by atoms with Crippen LogP contribution < -0.4 is 4.74 Å². The number of pyridine rings is 2. The highest BCUT2D eigenvalue weighted by molar-refractivity contribution is 5.75. The van der Waals surface area contributed by atoms with Gasteiger partial charge in [0.1, 0.15) is 5.75 Å². The first-order valence-corrected chi connectivity index (χ1v) is 10.1. The van der Waals surface area contributed by atoms with Gasteiger partial charge in [0.05, 0.1) is 18.0 Å². The fraction of sp³-hybridized carbons (Fsp3) is 0.292. The molecule has 0 fully saturated rings. The summed E-state index contributed by atoms with van der Waals surface area (Å²) in [6.07, 6.45) is 3.93. The maximum Gasteiger partial charge on any atom is 0.333 e. The fourth-order valence-electron chi connectivity index (χ4n) is 3.90. The normalized spacial score (nSPS) is 13.5. The van der Waals surface area contributed by atoms with Crippen molar-refractivity contribution in [2.75, 3.05) is 13.2 Å². The van der Waals surface area contributed by atoms with E-state index < -0.39 is 12.1 Å². The predicted molar refractivity (Wildman–Crippen MR) is 113 cm³/mol. The van der Waals surface area contributed by atoms with Gasteiger partial charge in [0.2, 0.25) is 0 Å². The molecular weight excluding hydrogens is 380 g/mol. The van der Waals surface area contributed by atoms with Crippen LogP contribution in [0.2, 0.25) is 0 Å². The highest BCUT2D eigenvalue weighted by Gasteiger charge is 2.30. The Bertz CT molecular complexity index is 974. The number of fused-ring (bicyclic) bond motifs is 3. The molecule has 0 radical (unpaired) electrons. The lowest BCUT2D eigenvalue weighted by Gasteiger charge is -2.14. The van der Waals surface area contributed by atoms with Crippen molar-refractivity contribution in [1.82, 2.24) is 9.97 Å². The number of rotatable bonds is 9. The molecule has 1 N–H and O–H groups in total. The minimum atomic E-state index is -0.948. The van der Waals surface area contributed by atoms with Gasteiger partial charge in [-0.2, -0.15) is 0 Å². The molecule has 1 aromatic carbocycles. The van der Waals surface area contributed by atoms with Crippen molar-refractivity contribution in [2.24, 2.45) is 0 Å². The lowest BCUT2D eigenvalue weighted by Crippen LogP contribution is -2.26. The molecule has 0 saturated heterocycles. The summed E-state index contributed by atoms with van der Waals surface area (Å²) in [7, 11) is 0. The minimum Gasteiger partial charge on any atom is -0.494 e. The predicted octanol–water partition coefficient (Wildman–Crippen LogP) is 4.09. The molecule has 2 heterocycles. The summed E-state index contributed by atoms with van der Waals surface area (Å²) in [5, 5.41) is 9.22. The molecule has 2 aromatic heterocycles. The Kier molecular flexibility index (Phi) is 6.05. The summed E-state index contributed by atoms with van der Waals surface area (Å²) < 4.78 is 11.2. The van der Waals surface area contributed by atoms with Gasteiger partial charge in [-0.05, 0) is 43.2 Å². The third-order valence-corrected chi connectivity index (χ3v) is 5.29. The van der Waals surface area contributed by atoms with E-state index in [0.29, 0.717) is 19.6 Å². The molecule has 0 amide bonds. The van der Waals surface area contributed by atoms with Crippen LogP contribution in [0.5, 0.6) is 5.75 Å². The third kappa shape index (κ3) is 4.19. The lowest BCUT2D eigenvalue weighted by atomic mass is 10.0. The quantitative estimate of drug-likeness (QED) is 0.578. The van der Waals surface area contributed by atoms with Crippen molar-refractivity contribution in [1.29, 1.82) is 0 Å². The van der Waals surface area contributed by atoms with Crippen molar-refractivity contribution in [3.63, 3.8) is 0 Å². The van der Waals surface area contributed by atoms with Crippen LogP contribution in [0.3, 0.4) is 0 Å². The van der Waals surface area contributed by atoms with E-state index >= 15 is 0 Å². The number of hydrogen-bond acceptors (Lipinski definition) is 5. The highest BCUT2D eigenvalue weighted by Crippen LogP contribution is 2.43. The number of benzene rings is 1. The number of carboxylic acid groups (broad SMARTS) is 1. The van der Waals surface area contributed by atoms with Crippen LogP contribution in [0, 0.1) is 0 Å². The number of nitrogens with zero attached hydrogens (tertiary/aromatic N) is 2. The summed E-state index contributed by atoms with van der Waals surface area (Å²) in [6.45, 7) is 2.70. The van der Waals surface area contributed by atoms with Crippen LogP contribution in [0.4, 0.5) is 0 Å². The Morgan fingerprint density at radius 2 is 1.67 bits per heavy atom. The van der Waals surface area contributed by atoms with Gasteiger partial charge in [0.25, 0.3) is 0 Å². The van der Waals surface area contributed by atoms with Crippen LogP contribution >= 0.6 is 0 Å². The Labute approximate surface area is 175 Å². The molecular formula is C24H24N2O4. The Morgan fingerprint density at radius 3 is 2.23 bits per heavy atom. The fourth-order valence-corrected chi connectivity index (χ4v) is 3.90. The number of aromatic nitrogens is 2. The first-order chi connectivity index (χ1) is 14.7. The second-order valence-electron chi connectivity index (χ2n) is 7.19. The molecule has 30 heavy (non-hydrogen) atoms. The van der Waals surface area contributed by atoms with Gasteiger partial charge in [-0.3, -0.25) is 9.97 Å². The average Bonchev–Trinajstić information content (AvgIpc) is 3.09. The van der Waals surface area contributed by atoms with Crippen LogP contribution in [-0.4, -0.2) is 40.4 Å². The largest absolute Gasteiger partial charge is 0.494 e. The van der Waals surface area contributed by atoms with Crippen molar-refractivity contribution < 1.29 is 19.4 Å². The molecule has 154 valence electrons. The van der Waals surface area contributed by atoms with E-state index in [-0.39, 0.29) is 5.92 Å². The summed E-state index contributed by atoms with van der Waals surface area (Å²) in [5.74, 6) is -0.0711. The third-order valence-electron chi connectivity index (χ3n) is 5.29. The molecule has 6 heteroatoms. The van der Waals surface area contributed by atoms with Gasteiger partial charge in [0, 0.05) is 42.5 Å². The van der Waals surface area contributed by atoms with E-state index in [4.69, 9.17) is 9.47 Å². The SMILES string of the molecule is CCOC(Cc1ccc(OCCC2c3ncccc3-c3cccnc32)cc1)C(=O)O. The van der Waals surface area contributed by atoms with E-state index in [1.807, 2.05) is 48.8 Å². The number of carbonyl (C=O) groups is 1. The zero-order valence-electron chi connectivity index (χ0n) is 16.8. The molecule has 1 aliphatic rings. The molecule has 0 spiro atoms. The number of aliphatic carboxylic acids is 1. The zero-order valence-corrected chi connectivity index (χ0v) is 16.8. The smallest absolute Gasteiger partial charge is 0.333 e. The molecule has 1 unspecified atom stereocenters. The monoisotopic (exact) mass is 404 g/mol. The first-order valence-electron chi connectivity index (χ1n) is 10.1. The van der Waals surface area contributed by atoms with Gasteiger partial charge in [-0.1, -0.05) is 24.3 Å². The highest BCUT2D eigenvalue weighted by atomic mass is 16.5. The van der Waals surface area contributed by atoms with Crippen LogP contribution in [0.25, 0.3) is 11.1 Å². The molecule has 1 atom stereocenters. The van der Waals surface area contributed by atoms with Gasteiger partial charge in [-0.15, -0.1) is 0 Å². The van der Waals surface area contributed by atoms with E-state index in [9.17, 15) is 9.90 Å². The Morgan fingerprint density at radius 1 is 1.03 bits per heavy atom. The summed E-state index contributed by atoms with van der Waals surface area (Å²) in [5.41, 5.74) is 5.31. The molecule has 1 aliphatic carbocycles. The zero-order chi connectivity index (χ0) is 20.9. The van der Waals surface area contributed by atoms with Gasteiger partial charge in [0.15, 0.2) is 6.10 Å². The molecule has 6 nitrogen and oxygen atoms in total. The maximum absolute atomic E-state index is 11.2. The van der Waals surface area contributed by atoms with E-state index in [1.165, 1.54) is 0 Å². The second kappa shape index (κ2) is 9.05. The van der Waals surface area contributed by atoms with E-state index in [2.05, 4.69) is 22.1 Å². The van der Waals surface area contributed by atoms with Crippen molar-refractivity contribution >= 4 is 5.97 Å². The lowest BCUT2D eigenvalue weighted by molar-refractivity contribution is -0.149. The second-order valence-corrected chi connectivity index (χ2v) is 7.19. The van der Waals surface area contributed by atoms with Gasteiger partial charge < -0.3 is 14.6 Å². The van der Waals surface area contributed by atoms with Crippen LogP contribution in [-0.2, 0) is 16.0 Å².